The van der Waals surface area contributed by atoms with Crippen LogP contribution >= 0.6 is 0 Å². The van der Waals surface area contributed by atoms with E-state index >= 15 is 0 Å². The fourth-order valence-corrected chi connectivity index (χ4v) is 3.31. The van der Waals surface area contributed by atoms with Crippen molar-refractivity contribution in [3.8, 4) is 0 Å². The van der Waals surface area contributed by atoms with Gasteiger partial charge in [-0.2, -0.15) is 0 Å². The lowest BCUT2D eigenvalue weighted by Crippen LogP contribution is -2.24. The molecule has 1 aromatic rings. The number of nitrogens with one attached hydrogen (secondary N) is 2. The molecule has 2 fully saturated rings. The molecule has 0 heterocycles. The van der Waals surface area contributed by atoms with E-state index in [4.69, 9.17) is 0 Å². The van der Waals surface area contributed by atoms with Crippen LogP contribution in [0.1, 0.15) is 51.4 Å². The molecule has 2 saturated carbocycles. The highest BCUT2D eigenvalue weighted by Gasteiger charge is 2.18. The summed E-state index contributed by atoms with van der Waals surface area (Å²) in [7, 11) is 0. The van der Waals surface area contributed by atoms with E-state index in [9.17, 15) is 0 Å². The zero-order valence-electron chi connectivity index (χ0n) is 11.7. The van der Waals surface area contributed by atoms with Crippen LogP contribution in [0.2, 0.25) is 0 Å². The van der Waals surface area contributed by atoms with Gasteiger partial charge in [-0.15, -0.1) is 0 Å². The molecule has 1 aromatic carbocycles. The molecule has 1 atom stereocenters. The second-order valence-corrected chi connectivity index (χ2v) is 5.94. The number of rotatable bonds is 4. The first-order chi connectivity index (χ1) is 9.42. The highest BCUT2D eigenvalue weighted by atomic mass is 15.0. The van der Waals surface area contributed by atoms with E-state index in [1.165, 1.54) is 62.7 Å². The van der Waals surface area contributed by atoms with E-state index < -0.39 is 0 Å². The fourth-order valence-electron chi connectivity index (χ4n) is 3.31. The largest absolute Gasteiger partial charge is 0.381 e. The third-order valence-electron chi connectivity index (χ3n) is 4.40. The summed E-state index contributed by atoms with van der Waals surface area (Å²) in [6, 6.07) is 9.92. The van der Waals surface area contributed by atoms with Gasteiger partial charge in [0.1, 0.15) is 0 Å². The van der Waals surface area contributed by atoms with Crippen LogP contribution in [0.5, 0.6) is 0 Å². The van der Waals surface area contributed by atoms with Gasteiger partial charge in [0.15, 0.2) is 0 Å². The lowest BCUT2D eigenvalue weighted by molar-refractivity contribution is 0.463. The van der Waals surface area contributed by atoms with Gasteiger partial charge in [-0.05, 0) is 44.2 Å². The Bertz CT molecular complexity index is 390. The Kier molecular flexibility index (Phi) is 4.27. The summed E-state index contributed by atoms with van der Waals surface area (Å²) in [6.45, 7) is 0. The minimum Gasteiger partial charge on any atom is -0.381 e. The number of benzene rings is 1. The number of hydrogen-bond acceptors (Lipinski definition) is 2. The average molecular weight is 257 g/mol. The summed E-state index contributed by atoms with van der Waals surface area (Å²) in [5.41, 5.74) is 2.56. The molecular weight excluding hydrogens is 232 g/mol. The minimum absolute atomic E-state index is 0.564. The fraction of sp³-hybridized carbons (Fsp3) is 0.588. The van der Waals surface area contributed by atoms with Crippen LogP contribution in [-0.4, -0.2) is 12.1 Å². The highest BCUT2D eigenvalue weighted by Crippen LogP contribution is 2.29. The van der Waals surface area contributed by atoms with Crippen LogP contribution in [-0.2, 0) is 0 Å². The van der Waals surface area contributed by atoms with Crippen LogP contribution in [0.15, 0.2) is 24.3 Å². The monoisotopic (exact) mass is 257 g/mol. The molecule has 0 saturated heterocycles. The van der Waals surface area contributed by atoms with Crippen molar-refractivity contribution in [3.05, 3.63) is 30.7 Å². The molecule has 1 unspecified atom stereocenters. The van der Waals surface area contributed by atoms with E-state index in [1.807, 2.05) is 0 Å². The Hall–Kier alpha value is -1.18. The second kappa shape index (κ2) is 6.31. The van der Waals surface area contributed by atoms with Crippen LogP contribution in [0, 0.1) is 6.42 Å². The van der Waals surface area contributed by atoms with Crippen molar-refractivity contribution in [2.24, 2.45) is 0 Å². The first kappa shape index (κ1) is 12.8. The molecule has 2 nitrogen and oxygen atoms in total. The molecule has 2 aliphatic rings. The average Bonchev–Trinajstić information content (AvgIpc) is 2.95. The molecule has 0 amide bonds. The predicted octanol–water partition coefficient (Wildman–Crippen LogP) is 4.60. The quantitative estimate of drug-likeness (QED) is 0.823. The van der Waals surface area contributed by atoms with Crippen molar-refractivity contribution in [1.82, 2.24) is 0 Å². The molecule has 19 heavy (non-hydrogen) atoms. The van der Waals surface area contributed by atoms with Crippen molar-refractivity contribution >= 4 is 11.4 Å². The standard InChI is InChI=1S/C17H25N2/c1-2-8-14(9-3-1)18-16-12-6-7-13-17(16)19-15-10-4-5-11-15/h6-7,10,12-15,18-19H,1-5,8-9,11H2. The Morgan fingerprint density at radius 1 is 0.789 bits per heavy atom. The van der Waals surface area contributed by atoms with Crippen LogP contribution in [0.3, 0.4) is 0 Å². The molecule has 0 aromatic heterocycles. The molecule has 2 heteroatoms. The van der Waals surface area contributed by atoms with Crippen molar-refractivity contribution in [2.75, 3.05) is 10.6 Å². The molecule has 0 aliphatic heterocycles. The van der Waals surface area contributed by atoms with E-state index in [2.05, 4.69) is 41.3 Å². The maximum Gasteiger partial charge on any atom is 0.0578 e. The zero-order valence-corrected chi connectivity index (χ0v) is 11.7. The zero-order chi connectivity index (χ0) is 12.9. The summed E-state index contributed by atoms with van der Waals surface area (Å²) in [5.74, 6) is 0. The molecule has 0 spiro atoms. The van der Waals surface area contributed by atoms with Gasteiger partial charge in [0.25, 0.3) is 0 Å². The van der Waals surface area contributed by atoms with Gasteiger partial charge in [0.05, 0.1) is 11.4 Å². The van der Waals surface area contributed by atoms with E-state index in [-0.39, 0.29) is 0 Å². The SMILES string of the molecule is [CH]1CCCC1Nc1ccccc1NC1CCCCC1. The van der Waals surface area contributed by atoms with Gasteiger partial charge in [-0.25, -0.2) is 0 Å². The van der Waals surface area contributed by atoms with Crippen LogP contribution in [0.25, 0.3) is 0 Å². The number of hydrogen-bond donors (Lipinski definition) is 2. The van der Waals surface area contributed by atoms with Gasteiger partial charge >= 0.3 is 0 Å². The van der Waals surface area contributed by atoms with Crippen molar-refractivity contribution in [3.63, 3.8) is 0 Å². The summed E-state index contributed by atoms with van der Waals surface area (Å²) in [5, 5.41) is 7.43. The lowest BCUT2D eigenvalue weighted by atomic mass is 9.95. The number of anilines is 2. The van der Waals surface area contributed by atoms with Crippen molar-refractivity contribution < 1.29 is 0 Å². The molecule has 103 valence electrons. The van der Waals surface area contributed by atoms with Gasteiger partial charge in [0, 0.05) is 12.1 Å². The summed E-state index contributed by atoms with van der Waals surface area (Å²) in [6.07, 6.45) is 13.1. The van der Waals surface area contributed by atoms with E-state index in [0.717, 1.165) is 0 Å². The van der Waals surface area contributed by atoms with Gasteiger partial charge < -0.3 is 10.6 Å². The minimum atomic E-state index is 0.564. The Morgan fingerprint density at radius 3 is 2.21 bits per heavy atom. The molecule has 3 rings (SSSR count). The van der Waals surface area contributed by atoms with E-state index in [1.54, 1.807) is 0 Å². The van der Waals surface area contributed by atoms with Crippen molar-refractivity contribution in [2.45, 2.75) is 63.5 Å². The maximum absolute atomic E-state index is 3.75. The maximum atomic E-state index is 3.75. The Labute approximate surface area is 117 Å². The van der Waals surface area contributed by atoms with E-state index in [0.29, 0.717) is 12.1 Å². The van der Waals surface area contributed by atoms with Crippen LogP contribution < -0.4 is 10.6 Å². The smallest absolute Gasteiger partial charge is 0.0578 e. The van der Waals surface area contributed by atoms with Gasteiger partial charge in [0.2, 0.25) is 0 Å². The first-order valence-corrected chi connectivity index (χ1v) is 7.87. The van der Waals surface area contributed by atoms with Gasteiger partial charge in [-0.3, -0.25) is 0 Å². The summed E-state index contributed by atoms with van der Waals surface area (Å²) in [4.78, 5) is 0. The summed E-state index contributed by atoms with van der Waals surface area (Å²) < 4.78 is 0. The first-order valence-electron chi connectivity index (χ1n) is 7.87. The third-order valence-corrected chi connectivity index (χ3v) is 4.40. The number of para-hydroxylation sites is 2. The predicted molar refractivity (Wildman–Crippen MR) is 82.5 cm³/mol. The molecule has 0 bridgehead atoms. The molecular formula is C17H25N2. The molecule has 1 radical (unpaired) electrons. The van der Waals surface area contributed by atoms with Gasteiger partial charge in [-0.1, -0.05) is 37.8 Å². The molecule has 2 aliphatic carbocycles. The summed E-state index contributed by atoms with van der Waals surface area (Å²) >= 11 is 0. The van der Waals surface area contributed by atoms with Crippen LogP contribution in [0.4, 0.5) is 11.4 Å². The molecule has 2 N–H and O–H groups in total. The highest BCUT2D eigenvalue weighted by molar-refractivity contribution is 5.69. The van der Waals surface area contributed by atoms with Crippen molar-refractivity contribution in [1.29, 1.82) is 0 Å². The topological polar surface area (TPSA) is 24.1 Å². The second-order valence-electron chi connectivity index (χ2n) is 5.94. The Morgan fingerprint density at radius 2 is 1.53 bits per heavy atom. The third kappa shape index (κ3) is 3.43. The Balaban J connectivity index is 1.65. The lowest BCUT2D eigenvalue weighted by Gasteiger charge is -2.26. The normalized spacial score (nSPS) is 21.5.